The zero-order chi connectivity index (χ0) is 31.5. The van der Waals surface area contributed by atoms with Gasteiger partial charge in [-0.05, 0) is 95.1 Å². The summed E-state index contributed by atoms with van der Waals surface area (Å²) in [6, 6.07) is 57.5. The van der Waals surface area contributed by atoms with Crippen LogP contribution in [0.5, 0.6) is 0 Å². The fourth-order valence-corrected chi connectivity index (χ4v) is 7.69. The van der Waals surface area contributed by atoms with Gasteiger partial charge in [-0.2, -0.15) is 0 Å². The maximum atomic E-state index is 2.47. The quantitative estimate of drug-likeness (QED) is 0.148. The molecule has 0 radical (unpaired) electrons. The molecule has 3 heterocycles. The standard InChI is InChI=1S/C43H33BN3/c1-30-15-9-10-20-35(30)38-26-25-31(29-45(38)2)32-27-41-43-42(28-32)47(34-18-7-4-8-19-34)40-24-14-12-22-37(40)44(43)36-21-11-13-23-39(36)46(41)33-16-5-3-6-17-33/h3-29H,1-2H3/q+1. The fourth-order valence-electron chi connectivity index (χ4n) is 7.69. The molecule has 0 fully saturated rings. The third-order valence-electron chi connectivity index (χ3n) is 9.80. The van der Waals surface area contributed by atoms with Gasteiger partial charge in [-0.1, -0.05) is 91.0 Å². The van der Waals surface area contributed by atoms with E-state index in [0.29, 0.717) is 0 Å². The van der Waals surface area contributed by atoms with Crippen LogP contribution in [0.2, 0.25) is 0 Å². The molecular weight excluding hydrogens is 569 g/mol. The number of benzene rings is 6. The van der Waals surface area contributed by atoms with Gasteiger partial charge in [0.05, 0.1) is 0 Å². The van der Waals surface area contributed by atoms with Crippen molar-refractivity contribution in [2.75, 3.05) is 9.80 Å². The average molecular weight is 603 g/mol. The fraction of sp³-hybridized carbons (Fsp3) is 0.0465. The Bertz CT molecular complexity index is 2190. The number of hydrogen-bond donors (Lipinski definition) is 0. The van der Waals surface area contributed by atoms with Gasteiger partial charge in [0.1, 0.15) is 7.05 Å². The number of hydrogen-bond acceptors (Lipinski definition) is 2. The lowest BCUT2D eigenvalue weighted by Crippen LogP contribution is -2.61. The van der Waals surface area contributed by atoms with Gasteiger partial charge in [0.15, 0.2) is 6.20 Å². The summed E-state index contributed by atoms with van der Waals surface area (Å²) in [6.07, 6.45) is 2.28. The first-order valence-corrected chi connectivity index (χ1v) is 16.3. The summed E-state index contributed by atoms with van der Waals surface area (Å²) in [5.41, 5.74) is 17.3. The largest absolute Gasteiger partial charge is 0.311 e. The lowest BCUT2D eigenvalue weighted by Gasteiger charge is -2.44. The summed E-state index contributed by atoms with van der Waals surface area (Å²) in [5.74, 6) is 0. The van der Waals surface area contributed by atoms with E-state index in [1.165, 1.54) is 67.1 Å². The lowest BCUT2D eigenvalue weighted by molar-refractivity contribution is -0.659. The SMILES string of the molecule is Cc1ccccc1-c1ccc(-c2cc3c4c(c2)N(c2ccccc2)c2ccccc2B4c2ccccc2N3c2ccccc2)c[n+]1C. The topological polar surface area (TPSA) is 10.4 Å². The Kier molecular flexibility index (Phi) is 6.36. The van der Waals surface area contributed by atoms with Gasteiger partial charge in [0.25, 0.3) is 6.71 Å². The van der Waals surface area contributed by atoms with Gasteiger partial charge in [-0.15, -0.1) is 0 Å². The monoisotopic (exact) mass is 602 g/mol. The maximum Gasteiger partial charge on any atom is 0.252 e. The third kappa shape index (κ3) is 4.33. The highest BCUT2D eigenvalue weighted by molar-refractivity contribution is 7.00. The minimum absolute atomic E-state index is 0.112. The highest BCUT2D eigenvalue weighted by Crippen LogP contribution is 2.45. The van der Waals surface area contributed by atoms with Crippen molar-refractivity contribution >= 4 is 57.2 Å². The summed E-state index contributed by atoms with van der Waals surface area (Å²) in [4.78, 5) is 4.93. The van der Waals surface area contributed by atoms with Crippen LogP contribution in [0.4, 0.5) is 34.1 Å². The number of rotatable bonds is 4. The van der Waals surface area contributed by atoms with E-state index >= 15 is 0 Å². The molecule has 0 atom stereocenters. The first kappa shape index (κ1) is 27.4. The van der Waals surface area contributed by atoms with Crippen molar-refractivity contribution in [3.8, 4) is 22.4 Å². The van der Waals surface area contributed by atoms with Crippen LogP contribution < -0.4 is 30.8 Å². The van der Waals surface area contributed by atoms with Crippen molar-refractivity contribution in [1.82, 2.24) is 0 Å². The van der Waals surface area contributed by atoms with Crippen molar-refractivity contribution in [3.63, 3.8) is 0 Å². The molecule has 0 N–H and O–H groups in total. The normalized spacial score (nSPS) is 12.8. The molecule has 0 saturated carbocycles. The predicted molar refractivity (Wildman–Crippen MR) is 197 cm³/mol. The zero-order valence-electron chi connectivity index (χ0n) is 26.5. The number of aryl methyl sites for hydroxylation is 2. The van der Waals surface area contributed by atoms with Gasteiger partial charge in [-0.3, -0.25) is 0 Å². The highest BCUT2D eigenvalue weighted by Gasteiger charge is 2.43. The molecule has 4 heteroatoms. The number of nitrogens with zero attached hydrogens (tertiary/aromatic N) is 3. The highest BCUT2D eigenvalue weighted by atomic mass is 15.2. The van der Waals surface area contributed by atoms with E-state index in [4.69, 9.17) is 0 Å². The Morgan fingerprint density at radius 1 is 0.489 bits per heavy atom. The van der Waals surface area contributed by atoms with E-state index in [2.05, 4.69) is 192 Å². The van der Waals surface area contributed by atoms with E-state index in [-0.39, 0.29) is 6.71 Å². The van der Waals surface area contributed by atoms with E-state index in [1.807, 2.05) is 0 Å². The molecule has 0 unspecified atom stereocenters. The molecule has 3 nitrogen and oxygen atoms in total. The second kappa shape index (κ2) is 10.9. The molecule has 0 saturated heterocycles. The Hall–Kier alpha value is -5.87. The minimum atomic E-state index is 0.112. The Morgan fingerprint density at radius 2 is 1.00 bits per heavy atom. The molecule has 6 aromatic carbocycles. The second-order valence-corrected chi connectivity index (χ2v) is 12.5. The Balaban J connectivity index is 1.34. The molecule has 0 bridgehead atoms. The zero-order valence-corrected chi connectivity index (χ0v) is 26.5. The number of anilines is 6. The van der Waals surface area contributed by atoms with Crippen LogP contribution in [0.25, 0.3) is 22.4 Å². The van der Waals surface area contributed by atoms with E-state index < -0.39 is 0 Å². The van der Waals surface area contributed by atoms with Crippen LogP contribution in [-0.4, -0.2) is 6.71 Å². The maximum absolute atomic E-state index is 2.47. The van der Waals surface area contributed by atoms with E-state index in [9.17, 15) is 0 Å². The molecule has 2 aliphatic heterocycles. The van der Waals surface area contributed by atoms with Crippen LogP contribution in [-0.2, 0) is 7.05 Å². The number of aromatic nitrogens is 1. The van der Waals surface area contributed by atoms with E-state index in [0.717, 1.165) is 11.4 Å². The number of pyridine rings is 1. The van der Waals surface area contributed by atoms with Crippen molar-refractivity contribution in [3.05, 3.63) is 169 Å². The Labute approximate surface area is 276 Å². The van der Waals surface area contributed by atoms with Crippen molar-refractivity contribution in [2.45, 2.75) is 6.92 Å². The van der Waals surface area contributed by atoms with Crippen LogP contribution >= 0.6 is 0 Å². The molecule has 0 spiro atoms. The van der Waals surface area contributed by atoms with Gasteiger partial charge < -0.3 is 9.80 Å². The molecule has 2 aliphatic rings. The molecule has 9 rings (SSSR count). The van der Waals surface area contributed by atoms with Crippen molar-refractivity contribution in [1.29, 1.82) is 0 Å². The molecule has 7 aromatic rings. The van der Waals surface area contributed by atoms with Gasteiger partial charge >= 0.3 is 0 Å². The molecule has 1 aromatic heterocycles. The van der Waals surface area contributed by atoms with Crippen molar-refractivity contribution in [2.24, 2.45) is 7.05 Å². The summed E-state index contributed by atoms with van der Waals surface area (Å²) < 4.78 is 2.26. The average Bonchev–Trinajstić information content (AvgIpc) is 3.12. The summed E-state index contributed by atoms with van der Waals surface area (Å²) >= 11 is 0. The number of fused-ring (bicyclic) bond motifs is 4. The lowest BCUT2D eigenvalue weighted by atomic mass is 9.33. The summed E-state index contributed by atoms with van der Waals surface area (Å²) in [7, 11) is 2.16. The predicted octanol–water partition coefficient (Wildman–Crippen LogP) is 8.24. The van der Waals surface area contributed by atoms with E-state index in [1.54, 1.807) is 0 Å². The van der Waals surface area contributed by atoms with Crippen LogP contribution in [0.3, 0.4) is 0 Å². The summed E-state index contributed by atoms with van der Waals surface area (Å²) in [6.45, 7) is 2.29. The Morgan fingerprint density at radius 3 is 1.55 bits per heavy atom. The van der Waals surface area contributed by atoms with Gasteiger partial charge in [0, 0.05) is 51.3 Å². The minimum Gasteiger partial charge on any atom is -0.311 e. The van der Waals surface area contributed by atoms with Crippen molar-refractivity contribution < 1.29 is 4.57 Å². The number of para-hydroxylation sites is 4. The van der Waals surface area contributed by atoms with Gasteiger partial charge in [0.2, 0.25) is 5.69 Å². The molecule has 222 valence electrons. The third-order valence-corrected chi connectivity index (χ3v) is 9.80. The first-order valence-electron chi connectivity index (χ1n) is 16.3. The molecule has 0 amide bonds. The molecule has 0 aliphatic carbocycles. The smallest absolute Gasteiger partial charge is 0.252 e. The van der Waals surface area contributed by atoms with Crippen LogP contribution in [0.1, 0.15) is 5.56 Å². The first-order chi connectivity index (χ1) is 23.2. The second-order valence-electron chi connectivity index (χ2n) is 12.5. The summed E-state index contributed by atoms with van der Waals surface area (Å²) in [5, 5.41) is 0. The van der Waals surface area contributed by atoms with Crippen LogP contribution in [0, 0.1) is 6.92 Å². The van der Waals surface area contributed by atoms with Gasteiger partial charge in [-0.25, -0.2) is 4.57 Å². The molecule has 47 heavy (non-hydrogen) atoms. The van der Waals surface area contributed by atoms with Crippen LogP contribution in [0.15, 0.2) is 164 Å². The molecular formula is C43H33BN3+.